The predicted molar refractivity (Wildman–Crippen MR) is 108 cm³/mol. The smallest absolute Gasteiger partial charge is 0.424 e. The van der Waals surface area contributed by atoms with Crippen molar-refractivity contribution in [1.29, 1.82) is 0 Å². The lowest BCUT2D eigenvalue weighted by molar-refractivity contribution is 0.211. The summed E-state index contributed by atoms with van der Waals surface area (Å²) in [7, 11) is 1.88. The van der Waals surface area contributed by atoms with Crippen LogP contribution < -0.4 is 9.05 Å². The van der Waals surface area contributed by atoms with Gasteiger partial charge in [0.15, 0.2) is 0 Å². The molecule has 11 heteroatoms. The van der Waals surface area contributed by atoms with Gasteiger partial charge in [-0.15, -0.1) is 0 Å². The Morgan fingerprint density at radius 2 is 1.11 bits per heavy atom. The van der Waals surface area contributed by atoms with Crippen LogP contribution in [0.1, 0.15) is 0 Å². The second-order valence-corrected chi connectivity index (χ2v) is 11.0. The van der Waals surface area contributed by atoms with Gasteiger partial charge in [0.1, 0.15) is 11.5 Å². The molecule has 7 nitrogen and oxygen atoms in total. The van der Waals surface area contributed by atoms with Crippen LogP contribution >= 0.6 is 26.3 Å². The van der Waals surface area contributed by atoms with Gasteiger partial charge in [0.2, 0.25) is 0 Å². The Morgan fingerprint density at radius 1 is 0.704 bits per heavy atom. The molecule has 0 atom stereocenters. The molecule has 0 fully saturated rings. The zero-order chi connectivity index (χ0) is 19.9. The van der Waals surface area contributed by atoms with Crippen LogP contribution in [0, 0.1) is 0 Å². The van der Waals surface area contributed by atoms with Gasteiger partial charge in [-0.25, -0.2) is 4.57 Å². The summed E-state index contributed by atoms with van der Waals surface area (Å²) >= 11 is 6.72. The number of hydrogen-bond acceptors (Lipinski definition) is 9. The van der Waals surface area contributed by atoms with Gasteiger partial charge < -0.3 is 18.1 Å². The fourth-order valence-electron chi connectivity index (χ4n) is 1.83. The maximum atomic E-state index is 12.0. The molecule has 0 heterocycles. The SMILES string of the molecule is COP(=O)(OC)Oc1ccc(Sc2ccc(OP(=S)(OC)OC)cc2)cc1. The van der Waals surface area contributed by atoms with Crippen molar-refractivity contribution < 1.29 is 31.7 Å². The first-order valence-electron chi connectivity index (χ1n) is 7.55. The van der Waals surface area contributed by atoms with Crippen molar-refractivity contribution in [1.82, 2.24) is 0 Å². The molecule has 148 valence electrons. The van der Waals surface area contributed by atoms with Gasteiger partial charge in [-0.1, -0.05) is 11.8 Å². The summed E-state index contributed by atoms with van der Waals surface area (Å²) in [6.07, 6.45) is 0. The quantitative estimate of drug-likeness (QED) is 0.436. The molecule has 0 saturated carbocycles. The van der Waals surface area contributed by atoms with Gasteiger partial charge in [0, 0.05) is 50.0 Å². The van der Waals surface area contributed by atoms with E-state index in [1.54, 1.807) is 36.0 Å². The predicted octanol–water partition coefficient (Wildman–Crippen LogP) is 5.51. The van der Waals surface area contributed by atoms with Crippen molar-refractivity contribution in [3.63, 3.8) is 0 Å². The van der Waals surface area contributed by atoms with Crippen LogP contribution in [0.15, 0.2) is 58.3 Å². The summed E-state index contributed by atoms with van der Waals surface area (Å²) in [6.45, 7) is -2.74. The lowest BCUT2D eigenvalue weighted by Gasteiger charge is -2.18. The summed E-state index contributed by atoms with van der Waals surface area (Å²) in [6, 6.07) is 14.5. The minimum absolute atomic E-state index is 0.389. The highest BCUT2D eigenvalue weighted by molar-refractivity contribution is 8.07. The van der Waals surface area contributed by atoms with E-state index in [4.69, 9.17) is 38.9 Å². The first kappa shape index (κ1) is 22.4. The Labute approximate surface area is 168 Å². The first-order chi connectivity index (χ1) is 12.8. The van der Waals surface area contributed by atoms with E-state index in [1.807, 2.05) is 24.3 Å². The highest BCUT2D eigenvalue weighted by atomic mass is 32.5. The van der Waals surface area contributed by atoms with E-state index in [-0.39, 0.29) is 0 Å². The van der Waals surface area contributed by atoms with Crippen LogP contribution in [-0.4, -0.2) is 28.4 Å². The summed E-state index contributed by atoms with van der Waals surface area (Å²) in [5, 5.41) is 0. The Morgan fingerprint density at radius 3 is 1.48 bits per heavy atom. The van der Waals surface area contributed by atoms with Crippen molar-refractivity contribution in [2.24, 2.45) is 0 Å². The third kappa shape index (κ3) is 6.59. The minimum Gasteiger partial charge on any atom is -0.424 e. The topological polar surface area (TPSA) is 72.5 Å². The highest BCUT2D eigenvalue weighted by Gasteiger charge is 2.24. The Kier molecular flexibility index (Phi) is 8.34. The largest absolute Gasteiger partial charge is 0.529 e. The van der Waals surface area contributed by atoms with Gasteiger partial charge in [-0.2, -0.15) is 0 Å². The third-order valence-electron chi connectivity index (χ3n) is 3.21. The molecule has 2 aromatic rings. The van der Waals surface area contributed by atoms with E-state index in [2.05, 4.69) is 0 Å². The number of phosphoric ester groups is 1. The summed E-state index contributed by atoms with van der Waals surface area (Å²) in [5.41, 5.74) is 0. The Bertz CT molecular complexity index is 742. The van der Waals surface area contributed by atoms with Gasteiger partial charge >= 0.3 is 14.5 Å². The van der Waals surface area contributed by atoms with Crippen molar-refractivity contribution >= 4 is 38.1 Å². The molecule has 0 amide bonds. The molecule has 0 aliphatic carbocycles. The van der Waals surface area contributed by atoms with Crippen LogP contribution in [-0.2, 0) is 34.5 Å². The van der Waals surface area contributed by atoms with Crippen molar-refractivity contribution in [2.75, 3.05) is 28.4 Å². The standard InChI is InChI=1S/C16H20O7P2S2/c1-18-24(17,19-2)22-13-5-9-15(10-6-13)27-16-11-7-14(8-12-16)23-25(26,20-3)21-4/h5-12H,1-4H3. The molecule has 0 aliphatic rings. The van der Waals surface area contributed by atoms with E-state index >= 15 is 0 Å². The second-order valence-electron chi connectivity index (χ2n) is 4.85. The fourth-order valence-corrected chi connectivity index (χ4v) is 4.26. The van der Waals surface area contributed by atoms with Gasteiger partial charge in [0.05, 0.1) is 0 Å². The second kappa shape index (κ2) is 10.0. The van der Waals surface area contributed by atoms with E-state index in [9.17, 15) is 4.57 Å². The van der Waals surface area contributed by atoms with Crippen LogP contribution in [0.25, 0.3) is 0 Å². The molecule has 2 aromatic carbocycles. The average Bonchev–Trinajstić information content (AvgIpc) is 2.70. The summed E-state index contributed by atoms with van der Waals surface area (Å²) in [4.78, 5) is 1.97. The van der Waals surface area contributed by atoms with Crippen LogP contribution in [0.2, 0.25) is 0 Å². The monoisotopic (exact) mass is 450 g/mol. The maximum absolute atomic E-state index is 12.0. The molecule has 27 heavy (non-hydrogen) atoms. The van der Waals surface area contributed by atoms with Crippen LogP contribution in [0.4, 0.5) is 0 Å². The molecule has 0 aromatic heterocycles. The maximum Gasteiger partial charge on any atom is 0.529 e. The summed E-state index contributed by atoms with van der Waals surface area (Å²) in [5.74, 6) is 0.963. The molecule has 0 spiro atoms. The van der Waals surface area contributed by atoms with E-state index in [0.29, 0.717) is 11.5 Å². The number of phosphoric acid groups is 1. The zero-order valence-corrected chi connectivity index (χ0v) is 18.6. The molecule has 0 radical (unpaired) electrons. The molecule has 0 unspecified atom stereocenters. The minimum atomic E-state index is -3.56. The normalized spacial score (nSPS) is 12.0. The summed E-state index contributed by atoms with van der Waals surface area (Å²) < 4.78 is 42.5. The van der Waals surface area contributed by atoms with Gasteiger partial charge in [-0.3, -0.25) is 9.05 Å². The van der Waals surface area contributed by atoms with Crippen molar-refractivity contribution in [3.05, 3.63) is 48.5 Å². The number of hydrogen-bond donors (Lipinski definition) is 0. The lowest BCUT2D eigenvalue weighted by atomic mass is 10.3. The highest BCUT2D eigenvalue weighted by Crippen LogP contribution is 2.49. The van der Waals surface area contributed by atoms with Crippen LogP contribution in [0.3, 0.4) is 0 Å². The van der Waals surface area contributed by atoms with E-state index in [0.717, 1.165) is 9.79 Å². The van der Waals surface area contributed by atoms with Crippen molar-refractivity contribution in [3.8, 4) is 11.5 Å². The van der Waals surface area contributed by atoms with Crippen molar-refractivity contribution in [2.45, 2.75) is 9.79 Å². The van der Waals surface area contributed by atoms with E-state index < -0.39 is 14.5 Å². The third-order valence-corrected chi connectivity index (χ3v) is 8.00. The molecular weight excluding hydrogens is 430 g/mol. The fraction of sp³-hybridized carbons (Fsp3) is 0.250. The van der Waals surface area contributed by atoms with Crippen LogP contribution in [0.5, 0.6) is 11.5 Å². The first-order valence-corrected chi connectivity index (χ1v) is 12.4. The Balaban J connectivity index is 2.01. The molecule has 0 bridgehead atoms. The Hall–Kier alpha value is -0.890. The molecule has 0 saturated heterocycles. The number of rotatable bonds is 10. The van der Waals surface area contributed by atoms with Gasteiger partial charge in [-0.05, 0) is 48.5 Å². The molecule has 0 N–H and O–H groups in total. The van der Waals surface area contributed by atoms with Gasteiger partial charge in [0.25, 0.3) is 0 Å². The molecular formula is C16H20O7P2S2. The number of benzene rings is 2. The lowest BCUT2D eigenvalue weighted by Crippen LogP contribution is -1.97. The van der Waals surface area contributed by atoms with E-state index in [1.165, 1.54) is 28.4 Å². The average molecular weight is 450 g/mol. The molecule has 0 aliphatic heterocycles. The zero-order valence-electron chi connectivity index (χ0n) is 15.2. The molecule has 2 rings (SSSR count).